The van der Waals surface area contributed by atoms with Gasteiger partial charge in [0, 0.05) is 17.8 Å². The minimum Gasteiger partial charge on any atom is -0.494 e. The lowest BCUT2D eigenvalue weighted by atomic mass is 9.97. The van der Waals surface area contributed by atoms with Crippen molar-refractivity contribution < 1.29 is 4.74 Å². The largest absolute Gasteiger partial charge is 0.494 e. The van der Waals surface area contributed by atoms with Crippen molar-refractivity contribution in [3.63, 3.8) is 0 Å². The molecule has 0 aromatic heterocycles. The van der Waals surface area contributed by atoms with Crippen LogP contribution < -0.4 is 9.64 Å². The highest BCUT2D eigenvalue weighted by molar-refractivity contribution is 5.50. The van der Waals surface area contributed by atoms with E-state index < -0.39 is 0 Å². The van der Waals surface area contributed by atoms with E-state index in [9.17, 15) is 0 Å². The zero-order valence-electron chi connectivity index (χ0n) is 15.6. The van der Waals surface area contributed by atoms with E-state index in [-0.39, 0.29) is 0 Å². The molecule has 2 heteroatoms. The first-order chi connectivity index (χ1) is 10.3. The van der Waals surface area contributed by atoms with Gasteiger partial charge < -0.3 is 9.64 Å². The molecule has 0 heterocycles. The van der Waals surface area contributed by atoms with Gasteiger partial charge in [-0.05, 0) is 69.7 Å². The van der Waals surface area contributed by atoms with E-state index in [0.29, 0.717) is 23.9 Å². The zero-order chi connectivity index (χ0) is 16.7. The fraction of sp³-hybridized carbons (Fsp3) is 0.700. The maximum atomic E-state index is 5.57. The Bertz CT molecular complexity index is 394. The first-order valence-corrected chi connectivity index (χ1v) is 8.86. The van der Waals surface area contributed by atoms with Crippen LogP contribution in [0.25, 0.3) is 0 Å². The van der Waals surface area contributed by atoms with Crippen molar-refractivity contribution in [2.75, 3.05) is 11.5 Å². The Morgan fingerprint density at radius 1 is 0.818 bits per heavy atom. The molecule has 2 unspecified atom stereocenters. The van der Waals surface area contributed by atoms with E-state index in [2.05, 4.69) is 70.7 Å². The lowest BCUT2D eigenvalue weighted by molar-refractivity contribution is 0.340. The average molecular weight is 306 g/mol. The number of ether oxygens (including phenoxy) is 1. The molecular weight excluding hydrogens is 270 g/mol. The van der Waals surface area contributed by atoms with Crippen molar-refractivity contribution in [2.45, 2.75) is 73.4 Å². The molecule has 0 N–H and O–H groups in total. The molecule has 0 radical (unpaired) electrons. The zero-order valence-corrected chi connectivity index (χ0v) is 15.6. The van der Waals surface area contributed by atoms with E-state index >= 15 is 0 Å². The van der Waals surface area contributed by atoms with Crippen LogP contribution in [-0.4, -0.2) is 18.7 Å². The SMILES string of the molecule is CCOc1ccc(N(C(C)CC(C)C)C(C)CC(C)C)cc1. The van der Waals surface area contributed by atoms with Crippen LogP contribution in [0.4, 0.5) is 5.69 Å². The van der Waals surface area contributed by atoms with Gasteiger partial charge in [0.25, 0.3) is 0 Å². The van der Waals surface area contributed by atoms with Crippen LogP contribution in [0.1, 0.15) is 61.3 Å². The molecule has 126 valence electrons. The number of nitrogens with zero attached hydrogens (tertiary/aromatic N) is 1. The Hall–Kier alpha value is -1.18. The van der Waals surface area contributed by atoms with Gasteiger partial charge in [0.1, 0.15) is 5.75 Å². The molecule has 0 spiro atoms. The third kappa shape index (κ3) is 5.90. The summed E-state index contributed by atoms with van der Waals surface area (Å²) in [4.78, 5) is 2.59. The summed E-state index contributed by atoms with van der Waals surface area (Å²) < 4.78 is 5.57. The summed E-state index contributed by atoms with van der Waals surface area (Å²) in [5.74, 6) is 2.39. The summed E-state index contributed by atoms with van der Waals surface area (Å²) in [5.41, 5.74) is 1.31. The van der Waals surface area contributed by atoms with Gasteiger partial charge in [-0.2, -0.15) is 0 Å². The molecule has 0 bridgehead atoms. The smallest absolute Gasteiger partial charge is 0.119 e. The molecular formula is C20H35NO. The highest BCUT2D eigenvalue weighted by Gasteiger charge is 2.22. The molecule has 22 heavy (non-hydrogen) atoms. The predicted octanol–water partition coefficient (Wildman–Crippen LogP) is 5.76. The van der Waals surface area contributed by atoms with Gasteiger partial charge in [0.15, 0.2) is 0 Å². The Morgan fingerprint density at radius 3 is 1.64 bits per heavy atom. The summed E-state index contributed by atoms with van der Waals surface area (Å²) in [5, 5.41) is 0. The van der Waals surface area contributed by atoms with Crippen molar-refractivity contribution in [3.05, 3.63) is 24.3 Å². The average Bonchev–Trinajstić information content (AvgIpc) is 2.39. The van der Waals surface area contributed by atoms with Gasteiger partial charge in [0.05, 0.1) is 6.61 Å². The van der Waals surface area contributed by atoms with Crippen LogP contribution in [0, 0.1) is 11.8 Å². The lowest BCUT2D eigenvalue weighted by Crippen LogP contribution is -2.41. The quantitative estimate of drug-likeness (QED) is 0.575. The van der Waals surface area contributed by atoms with Crippen LogP contribution in [0.3, 0.4) is 0 Å². The van der Waals surface area contributed by atoms with Gasteiger partial charge in [-0.1, -0.05) is 27.7 Å². The fourth-order valence-corrected chi connectivity index (χ4v) is 3.42. The second kappa shape index (κ2) is 9.07. The van der Waals surface area contributed by atoms with Crippen molar-refractivity contribution in [2.24, 2.45) is 11.8 Å². The van der Waals surface area contributed by atoms with Crippen molar-refractivity contribution in [1.29, 1.82) is 0 Å². The van der Waals surface area contributed by atoms with Gasteiger partial charge in [-0.25, -0.2) is 0 Å². The van der Waals surface area contributed by atoms with Gasteiger partial charge >= 0.3 is 0 Å². The molecule has 0 aliphatic rings. The molecule has 2 nitrogen and oxygen atoms in total. The summed E-state index contributed by atoms with van der Waals surface area (Å²) in [6, 6.07) is 9.70. The summed E-state index contributed by atoms with van der Waals surface area (Å²) >= 11 is 0. The van der Waals surface area contributed by atoms with E-state index in [1.165, 1.54) is 18.5 Å². The minimum absolute atomic E-state index is 0.548. The molecule has 0 aliphatic heterocycles. The normalized spacial score (nSPS) is 14.2. The molecule has 1 aromatic rings. The summed E-state index contributed by atoms with van der Waals surface area (Å²) in [6.07, 6.45) is 2.44. The Labute approximate surface area is 137 Å². The van der Waals surface area contributed by atoms with E-state index in [0.717, 1.165) is 12.4 Å². The Morgan fingerprint density at radius 2 is 1.27 bits per heavy atom. The predicted molar refractivity (Wildman–Crippen MR) is 97.9 cm³/mol. The van der Waals surface area contributed by atoms with Gasteiger partial charge in [-0.3, -0.25) is 0 Å². The Kier molecular flexibility index (Phi) is 7.78. The molecule has 0 fully saturated rings. The number of benzene rings is 1. The van der Waals surface area contributed by atoms with E-state index in [1.54, 1.807) is 0 Å². The standard InChI is InChI=1S/C20H35NO/c1-8-22-20-11-9-19(10-12-20)21(17(6)13-15(2)3)18(7)14-16(4)5/h9-12,15-18H,8,13-14H2,1-7H3. The number of anilines is 1. The van der Waals surface area contributed by atoms with E-state index in [1.807, 2.05) is 6.92 Å². The number of hydrogen-bond donors (Lipinski definition) is 0. The van der Waals surface area contributed by atoms with Crippen LogP contribution in [-0.2, 0) is 0 Å². The third-order valence-corrected chi connectivity index (χ3v) is 4.02. The Balaban J connectivity index is 2.97. The molecule has 2 atom stereocenters. The maximum Gasteiger partial charge on any atom is 0.119 e. The highest BCUT2D eigenvalue weighted by Crippen LogP contribution is 2.28. The monoisotopic (exact) mass is 305 g/mol. The van der Waals surface area contributed by atoms with Gasteiger partial charge in [-0.15, -0.1) is 0 Å². The second-order valence-corrected chi connectivity index (χ2v) is 7.29. The van der Waals surface area contributed by atoms with Crippen molar-refractivity contribution >= 4 is 5.69 Å². The molecule has 0 amide bonds. The van der Waals surface area contributed by atoms with Crippen LogP contribution >= 0.6 is 0 Å². The summed E-state index contributed by atoms with van der Waals surface area (Å²) in [6.45, 7) is 16.7. The van der Waals surface area contributed by atoms with Crippen molar-refractivity contribution in [3.8, 4) is 5.75 Å². The van der Waals surface area contributed by atoms with Crippen LogP contribution in [0.5, 0.6) is 5.75 Å². The summed E-state index contributed by atoms with van der Waals surface area (Å²) in [7, 11) is 0. The van der Waals surface area contributed by atoms with Gasteiger partial charge in [0.2, 0.25) is 0 Å². The third-order valence-electron chi connectivity index (χ3n) is 4.02. The molecule has 0 aliphatic carbocycles. The highest BCUT2D eigenvalue weighted by atomic mass is 16.5. The minimum atomic E-state index is 0.548. The molecule has 1 aromatic carbocycles. The maximum absolute atomic E-state index is 5.57. The molecule has 0 saturated carbocycles. The van der Waals surface area contributed by atoms with E-state index in [4.69, 9.17) is 4.74 Å². The topological polar surface area (TPSA) is 12.5 Å². The number of rotatable bonds is 9. The fourth-order valence-electron chi connectivity index (χ4n) is 3.42. The first-order valence-electron chi connectivity index (χ1n) is 8.86. The van der Waals surface area contributed by atoms with Crippen LogP contribution in [0.15, 0.2) is 24.3 Å². The number of hydrogen-bond acceptors (Lipinski definition) is 2. The van der Waals surface area contributed by atoms with Crippen molar-refractivity contribution in [1.82, 2.24) is 0 Å². The molecule has 1 rings (SSSR count). The second-order valence-electron chi connectivity index (χ2n) is 7.29. The first kappa shape index (κ1) is 18.9. The molecule has 0 saturated heterocycles. The lowest BCUT2D eigenvalue weighted by Gasteiger charge is -2.38. The van der Waals surface area contributed by atoms with Crippen LogP contribution in [0.2, 0.25) is 0 Å².